The zero-order valence-electron chi connectivity index (χ0n) is 12.6. The highest BCUT2D eigenvalue weighted by Gasteiger charge is 2.31. The Morgan fingerprint density at radius 3 is 2.48 bits per heavy atom. The summed E-state index contributed by atoms with van der Waals surface area (Å²) in [5.41, 5.74) is 5.56. The smallest absolute Gasteiger partial charge is 0.402 e. The molecule has 0 aliphatic carbocycles. The third-order valence-corrected chi connectivity index (χ3v) is 3.34. The van der Waals surface area contributed by atoms with E-state index in [-0.39, 0.29) is 0 Å². The van der Waals surface area contributed by atoms with Gasteiger partial charge in [-0.3, -0.25) is 0 Å². The zero-order chi connectivity index (χ0) is 17.0. The topological polar surface area (TPSA) is 58.8 Å². The molecule has 1 aromatic rings. The fraction of sp³-hybridized carbons (Fsp3) is 0.400. The van der Waals surface area contributed by atoms with Gasteiger partial charge in [0.1, 0.15) is 0 Å². The summed E-state index contributed by atoms with van der Waals surface area (Å²) < 4.78 is 38.2. The third kappa shape index (κ3) is 4.88. The number of anilines is 1. The summed E-state index contributed by atoms with van der Waals surface area (Å²) in [6.07, 6.45) is -3.18. The molecule has 126 valence electrons. The molecule has 23 heavy (non-hydrogen) atoms. The lowest BCUT2D eigenvalue weighted by Crippen LogP contribution is -2.47. The number of allylic oxidation sites excluding steroid dienone is 1. The van der Waals surface area contributed by atoms with Gasteiger partial charge in [-0.15, -0.1) is 5.06 Å². The molecule has 5 nitrogen and oxygen atoms in total. The standard InChI is InChI=1S/C15H18F3N3O2/c1-11(19)9-14(22)23-21-7-5-20(6-8-21)13-4-2-3-12(10-13)15(16,17)18/h2-4,9-10H,5-8,19H2,1H3/b11-9-. The van der Waals surface area contributed by atoms with E-state index < -0.39 is 17.7 Å². The molecule has 1 aromatic carbocycles. The van der Waals surface area contributed by atoms with Crippen molar-refractivity contribution in [3.63, 3.8) is 0 Å². The quantitative estimate of drug-likeness (QED) is 0.861. The normalized spacial score (nSPS) is 17.2. The van der Waals surface area contributed by atoms with Crippen molar-refractivity contribution >= 4 is 11.7 Å². The van der Waals surface area contributed by atoms with E-state index in [1.165, 1.54) is 17.2 Å². The maximum absolute atomic E-state index is 12.7. The molecule has 2 N–H and O–H groups in total. The van der Waals surface area contributed by atoms with Crippen LogP contribution < -0.4 is 10.6 Å². The summed E-state index contributed by atoms with van der Waals surface area (Å²) in [6.45, 7) is 3.30. The summed E-state index contributed by atoms with van der Waals surface area (Å²) in [7, 11) is 0. The van der Waals surface area contributed by atoms with Gasteiger partial charge in [-0.25, -0.2) is 4.79 Å². The zero-order valence-corrected chi connectivity index (χ0v) is 12.6. The second-order valence-corrected chi connectivity index (χ2v) is 5.26. The van der Waals surface area contributed by atoms with Crippen molar-refractivity contribution in [2.45, 2.75) is 13.1 Å². The summed E-state index contributed by atoms with van der Waals surface area (Å²) in [4.78, 5) is 18.4. The largest absolute Gasteiger partial charge is 0.416 e. The molecule has 0 spiro atoms. The van der Waals surface area contributed by atoms with Crippen LogP contribution >= 0.6 is 0 Å². The number of nitrogens with two attached hydrogens (primary N) is 1. The number of hydrogen-bond acceptors (Lipinski definition) is 5. The Labute approximate surface area is 132 Å². The van der Waals surface area contributed by atoms with Crippen molar-refractivity contribution in [1.82, 2.24) is 5.06 Å². The average Bonchev–Trinajstić information content (AvgIpc) is 2.46. The SMILES string of the molecule is C/C(N)=C/C(=O)ON1CCN(c2cccc(C(F)(F)F)c2)CC1. The highest BCUT2D eigenvalue weighted by atomic mass is 19.4. The molecule has 0 unspecified atom stereocenters. The molecule has 0 amide bonds. The fourth-order valence-corrected chi connectivity index (χ4v) is 2.26. The van der Waals surface area contributed by atoms with Crippen LogP contribution in [0.5, 0.6) is 0 Å². The molecule has 0 saturated carbocycles. The minimum Gasteiger partial charge on any atom is -0.402 e. The number of alkyl halides is 3. The van der Waals surface area contributed by atoms with E-state index in [1.807, 2.05) is 4.90 Å². The molecule has 1 aliphatic heterocycles. The van der Waals surface area contributed by atoms with Crippen LogP contribution in [-0.4, -0.2) is 37.2 Å². The molecule has 1 aliphatic rings. The molecule has 0 bridgehead atoms. The molecule has 8 heteroatoms. The minimum absolute atomic E-state index is 0.345. The van der Waals surface area contributed by atoms with E-state index in [1.54, 1.807) is 13.0 Å². The van der Waals surface area contributed by atoms with Gasteiger partial charge >= 0.3 is 12.1 Å². The van der Waals surface area contributed by atoms with Crippen LogP contribution in [0.3, 0.4) is 0 Å². The molecule has 2 rings (SSSR count). The summed E-state index contributed by atoms with van der Waals surface area (Å²) in [5, 5.41) is 1.48. The Balaban J connectivity index is 1.94. The van der Waals surface area contributed by atoms with Crippen LogP contribution in [0.1, 0.15) is 12.5 Å². The predicted octanol–water partition coefficient (Wildman–Crippen LogP) is 2.15. The fourth-order valence-electron chi connectivity index (χ4n) is 2.26. The number of piperazine rings is 1. The number of rotatable bonds is 3. The van der Waals surface area contributed by atoms with Gasteiger partial charge in [0.15, 0.2) is 0 Å². The lowest BCUT2D eigenvalue weighted by atomic mass is 10.1. The van der Waals surface area contributed by atoms with Gasteiger partial charge in [-0.05, 0) is 25.1 Å². The van der Waals surface area contributed by atoms with Crippen molar-refractivity contribution in [3.05, 3.63) is 41.6 Å². The van der Waals surface area contributed by atoms with E-state index in [0.29, 0.717) is 37.6 Å². The lowest BCUT2D eigenvalue weighted by molar-refractivity contribution is -0.185. The maximum Gasteiger partial charge on any atom is 0.416 e. The molecular weight excluding hydrogens is 311 g/mol. The summed E-state index contributed by atoms with van der Waals surface area (Å²) in [5.74, 6) is -0.558. The lowest BCUT2D eigenvalue weighted by Gasteiger charge is -2.34. The van der Waals surface area contributed by atoms with E-state index in [4.69, 9.17) is 10.6 Å². The maximum atomic E-state index is 12.7. The highest BCUT2D eigenvalue weighted by molar-refractivity contribution is 5.82. The van der Waals surface area contributed by atoms with Gasteiger partial charge in [0.2, 0.25) is 0 Å². The monoisotopic (exact) mass is 329 g/mol. The van der Waals surface area contributed by atoms with Crippen LogP contribution in [0, 0.1) is 0 Å². The Morgan fingerprint density at radius 2 is 1.91 bits per heavy atom. The highest BCUT2D eigenvalue weighted by Crippen LogP contribution is 2.31. The Kier molecular flexibility index (Phi) is 5.15. The predicted molar refractivity (Wildman–Crippen MR) is 79.3 cm³/mol. The number of carbonyl (C=O) groups excluding carboxylic acids is 1. The van der Waals surface area contributed by atoms with E-state index >= 15 is 0 Å². The van der Waals surface area contributed by atoms with Crippen LogP contribution in [0.15, 0.2) is 36.0 Å². The number of hydroxylamine groups is 2. The van der Waals surface area contributed by atoms with Gasteiger partial charge in [0.25, 0.3) is 0 Å². The Morgan fingerprint density at radius 1 is 1.26 bits per heavy atom. The van der Waals surface area contributed by atoms with Crippen LogP contribution in [-0.2, 0) is 15.8 Å². The molecule has 0 aromatic heterocycles. The Bertz CT molecular complexity index is 590. The average molecular weight is 329 g/mol. The van der Waals surface area contributed by atoms with Crippen molar-refractivity contribution in [2.24, 2.45) is 5.73 Å². The second-order valence-electron chi connectivity index (χ2n) is 5.26. The summed E-state index contributed by atoms with van der Waals surface area (Å²) in [6, 6.07) is 5.20. The molecule has 1 saturated heterocycles. The van der Waals surface area contributed by atoms with Crippen molar-refractivity contribution in [3.8, 4) is 0 Å². The van der Waals surface area contributed by atoms with Crippen LogP contribution in [0.25, 0.3) is 0 Å². The second kappa shape index (κ2) is 6.91. The molecule has 1 fully saturated rings. The molecular formula is C15H18F3N3O2. The minimum atomic E-state index is -4.36. The van der Waals surface area contributed by atoms with Crippen molar-refractivity contribution in [1.29, 1.82) is 0 Å². The first kappa shape index (κ1) is 17.1. The number of hydrogen-bond donors (Lipinski definition) is 1. The number of carbonyl (C=O) groups is 1. The Hall–Kier alpha value is -2.22. The van der Waals surface area contributed by atoms with E-state index in [2.05, 4.69) is 0 Å². The van der Waals surface area contributed by atoms with Crippen molar-refractivity contribution in [2.75, 3.05) is 31.1 Å². The first-order valence-electron chi connectivity index (χ1n) is 7.08. The summed E-state index contributed by atoms with van der Waals surface area (Å²) >= 11 is 0. The number of nitrogens with zero attached hydrogens (tertiary/aromatic N) is 2. The van der Waals surface area contributed by atoms with E-state index in [9.17, 15) is 18.0 Å². The van der Waals surface area contributed by atoms with Gasteiger partial charge in [-0.2, -0.15) is 13.2 Å². The van der Waals surface area contributed by atoms with Crippen molar-refractivity contribution < 1.29 is 22.8 Å². The first-order valence-corrected chi connectivity index (χ1v) is 7.08. The van der Waals surface area contributed by atoms with Crippen LogP contribution in [0.2, 0.25) is 0 Å². The number of benzene rings is 1. The molecule has 0 radical (unpaired) electrons. The van der Waals surface area contributed by atoms with Gasteiger partial charge in [-0.1, -0.05) is 6.07 Å². The molecule has 0 atom stereocenters. The van der Waals surface area contributed by atoms with Gasteiger partial charge < -0.3 is 15.5 Å². The number of halogens is 3. The van der Waals surface area contributed by atoms with E-state index in [0.717, 1.165) is 12.1 Å². The van der Waals surface area contributed by atoms with Crippen LogP contribution in [0.4, 0.5) is 18.9 Å². The third-order valence-electron chi connectivity index (χ3n) is 3.34. The van der Waals surface area contributed by atoms with Gasteiger partial charge in [0, 0.05) is 30.5 Å². The first-order chi connectivity index (χ1) is 10.8. The van der Waals surface area contributed by atoms with Gasteiger partial charge in [0.05, 0.1) is 18.7 Å². The molecule has 1 heterocycles.